The third-order valence-electron chi connectivity index (χ3n) is 5.02. The van der Waals surface area contributed by atoms with E-state index in [1.165, 1.54) is 0 Å². The fourth-order valence-electron chi connectivity index (χ4n) is 3.69. The van der Waals surface area contributed by atoms with Crippen molar-refractivity contribution in [2.45, 2.75) is 18.8 Å². The van der Waals surface area contributed by atoms with Crippen LogP contribution < -0.4 is 9.80 Å². The van der Waals surface area contributed by atoms with E-state index in [0.717, 1.165) is 54.4 Å². The molecule has 5 rings (SSSR count). The van der Waals surface area contributed by atoms with Gasteiger partial charge in [0.1, 0.15) is 5.82 Å². The highest BCUT2D eigenvalue weighted by molar-refractivity contribution is 5.76. The molecule has 9 heteroatoms. The number of aromatic amines is 1. The van der Waals surface area contributed by atoms with Crippen LogP contribution in [0, 0.1) is 0 Å². The molecular weight excluding hydrogens is 344 g/mol. The number of nitrogens with one attached hydrogen (secondary N) is 1. The molecule has 1 aromatic carbocycles. The minimum Gasteiger partial charge on any atom is -0.360 e. The van der Waals surface area contributed by atoms with Crippen molar-refractivity contribution in [3.63, 3.8) is 0 Å². The molecule has 4 aromatic rings. The highest BCUT2D eigenvalue weighted by atomic mass is 16.6. The smallest absolute Gasteiger partial charge is 0.245 e. The minimum atomic E-state index is 0.314. The lowest BCUT2D eigenvalue weighted by molar-refractivity contribution is 0.314. The average Bonchev–Trinajstić information content (AvgIpc) is 3.33. The lowest BCUT2D eigenvalue weighted by Crippen LogP contribution is -2.36. The molecule has 1 fully saturated rings. The summed E-state index contributed by atoms with van der Waals surface area (Å²) >= 11 is 0. The largest absolute Gasteiger partial charge is 0.360 e. The van der Waals surface area contributed by atoms with Gasteiger partial charge in [-0.1, -0.05) is 12.1 Å². The van der Waals surface area contributed by atoms with Gasteiger partial charge in [-0.3, -0.25) is 0 Å². The topological polar surface area (TPSA) is 99.9 Å². The van der Waals surface area contributed by atoms with E-state index >= 15 is 0 Å². The first-order valence-corrected chi connectivity index (χ1v) is 9.06. The molecule has 27 heavy (non-hydrogen) atoms. The van der Waals surface area contributed by atoms with Crippen LogP contribution in [0.3, 0.4) is 0 Å². The Bertz CT molecular complexity index is 1070. The molecule has 0 unspecified atom stereocenters. The Hall–Kier alpha value is -3.23. The first kappa shape index (κ1) is 16.0. The quantitative estimate of drug-likeness (QED) is 0.591. The lowest BCUT2D eigenvalue weighted by Gasteiger charge is -2.34. The van der Waals surface area contributed by atoms with Gasteiger partial charge in [0, 0.05) is 33.1 Å². The predicted molar refractivity (Wildman–Crippen MR) is 102 cm³/mol. The zero-order valence-corrected chi connectivity index (χ0v) is 15.3. The van der Waals surface area contributed by atoms with Gasteiger partial charge in [-0.2, -0.15) is 0 Å². The van der Waals surface area contributed by atoms with Crippen LogP contribution in [-0.2, 0) is 0 Å². The van der Waals surface area contributed by atoms with Crippen LogP contribution in [0.1, 0.15) is 24.6 Å². The Morgan fingerprint density at radius 1 is 1.11 bits per heavy atom. The molecule has 3 aromatic heterocycles. The van der Waals surface area contributed by atoms with E-state index in [4.69, 9.17) is 9.61 Å². The van der Waals surface area contributed by atoms with Crippen molar-refractivity contribution in [2.24, 2.45) is 0 Å². The zero-order chi connectivity index (χ0) is 18.4. The number of fused-ring (bicyclic) bond motifs is 2. The number of benzene rings is 1. The molecule has 0 bridgehead atoms. The van der Waals surface area contributed by atoms with Gasteiger partial charge in [-0.15, -0.1) is 0 Å². The Morgan fingerprint density at radius 3 is 2.74 bits per heavy atom. The standard InChI is InChI=1S/C18H20N8O/c1-25(2)17-18(22-16-15(21-17)23-27-24-16)26-9-5-6-11(10-26)14-19-12-7-3-4-8-13(12)20-14/h3-4,7-8,11H,5-6,9-10H2,1-2H3,(H,19,20)/t11-/m0/s1. The monoisotopic (exact) mass is 364 g/mol. The molecule has 138 valence electrons. The average molecular weight is 364 g/mol. The highest BCUT2D eigenvalue weighted by Gasteiger charge is 2.28. The van der Waals surface area contributed by atoms with E-state index in [9.17, 15) is 0 Å². The third-order valence-corrected chi connectivity index (χ3v) is 5.02. The number of imidazole rings is 1. The SMILES string of the molecule is CN(C)c1nc2nonc2nc1N1CCC[C@H](c2nc3ccccc3[nH]2)C1. The maximum absolute atomic E-state index is 4.80. The number of para-hydroxylation sites is 2. The normalized spacial score (nSPS) is 17.7. The highest BCUT2D eigenvalue weighted by Crippen LogP contribution is 2.33. The summed E-state index contributed by atoms with van der Waals surface area (Å²) in [5, 5.41) is 7.67. The summed E-state index contributed by atoms with van der Waals surface area (Å²) in [4.78, 5) is 21.7. The second-order valence-corrected chi connectivity index (χ2v) is 7.10. The van der Waals surface area contributed by atoms with Gasteiger partial charge in [0.25, 0.3) is 0 Å². The van der Waals surface area contributed by atoms with Crippen molar-refractivity contribution in [1.29, 1.82) is 0 Å². The fourth-order valence-corrected chi connectivity index (χ4v) is 3.69. The predicted octanol–water partition coefficient (Wildman–Crippen LogP) is 2.34. The summed E-state index contributed by atoms with van der Waals surface area (Å²) in [5.74, 6) is 2.92. The second kappa shape index (κ2) is 6.19. The summed E-state index contributed by atoms with van der Waals surface area (Å²) in [7, 11) is 3.90. The van der Waals surface area contributed by atoms with Gasteiger partial charge < -0.3 is 14.8 Å². The fraction of sp³-hybridized carbons (Fsp3) is 0.389. The van der Waals surface area contributed by atoms with Crippen molar-refractivity contribution < 1.29 is 4.63 Å². The van der Waals surface area contributed by atoms with Crippen LogP contribution >= 0.6 is 0 Å². The Labute approximate surface area is 155 Å². The number of anilines is 2. The molecule has 1 N–H and O–H groups in total. The van der Waals surface area contributed by atoms with Crippen molar-refractivity contribution >= 4 is 34.0 Å². The molecular formula is C18H20N8O. The van der Waals surface area contributed by atoms with Crippen molar-refractivity contribution in [3.05, 3.63) is 30.1 Å². The first-order valence-electron chi connectivity index (χ1n) is 9.06. The Morgan fingerprint density at radius 2 is 1.93 bits per heavy atom. The van der Waals surface area contributed by atoms with Crippen LogP contribution in [0.2, 0.25) is 0 Å². The molecule has 9 nitrogen and oxygen atoms in total. The van der Waals surface area contributed by atoms with Crippen molar-refractivity contribution in [2.75, 3.05) is 37.0 Å². The molecule has 0 spiro atoms. The van der Waals surface area contributed by atoms with Gasteiger partial charge in [-0.25, -0.2) is 19.6 Å². The number of hydrogen-bond donors (Lipinski definition) is 1. The molecule has 1 atom stereocenters. The summed E-state index contributed by atoms with van der Waals surface area (Å²) in [6, 6.07) is 8.14. The van der Waals surface area contributed by atoms with E-state index in [2.05, 4.69) is 36.2 Å². The lowest BCUT2D eigenvalue weighted by atomic mass is 9.97. The number of H-pyrrole nitrogens is 1. The van der Waals surface area contributed by atoms with Crippen molar-refractivity contribution in [3.8, 4) is 0 Å². The number of hydrogen-bond acceptors (Lipinski definition) is 8. The number of aromatic nitrogens is 6. The van der Waals surface area contributed by atoms with E-state index in [1.54, 1.807) is 0 Å². The summed E-state index contributed by atoms with van der Waals surface area (Å²) in [5.41, 5.74) is 2.94. The van der Waals surface area contributed by atoms with E-state index in [-0.39, 0.29) is 0 Å². The maximum atomic E-state index is 4.80. The minimum absolute atomic E-state index is 0.314. The van der Waals surface area contributed by atoms with Crippen LogP contribution in [0.15, 0.2) is 28.9 Å². The van der Waals surface area contributed by atoms with Gasteiger partial charge in [0.05, 0.1) is 11.0 Å². The van der Waals surface area contributed by atoms with Crippen LogP contribution in [0.25, 0.3) is 22.3 Å². The van der Waals surface area contributed by atoms with E-state index in [1.807, 2.05) is 37.2 Å². The number of nitrogens with zero attached hydrogens (tertiary/aromatic N) is 7. The molecule has 1 aliphatic heterocycles. The summed E-state index contributed by atoms with van der Waals surface area (Å²) in [6.45, 7) is 1.75. The summed E-state index contributed by atoms with van der Waals surface area (Å²) < 4.78 is 4.79. The molecule has 0 saturated carbocycles. The number of piperidine rings is 1. The second-order valence-electron chi connectivity index (χ2n) is 7.10. The molecule has 0 aliphatic carbocycles. The van der Waals surface area contributed by atoms with Gasteiger partial charge >= 0.3 is 0 Å². The van der Waals surface area contributed by atoms with Crippen LogP contribution in [0.4, 0.5) is 11.6 Å². The third kappa shape index (κ3) is 2.75. The molecule has 0 amide bonds. The van der Waals surface area contributed by atoms with E-state index < -0.39 is 0 Å². The molecule has 4 heterocycles. The Balaban J connectivity index is 1.50. The molecule has 0 radical (unpaired) electrons. The zero-order valence-electron chi connectivity index (χ0n) is 15.3. The van der Waals surface area contributed by atoms with E-state index in [0.29, 0.717) is 17.2 Å². The van der Waals surface area contributed by atoms with Crippen LogP contribution in [-0.4, -0.2) is 57.4 Å². The van der Waals surface area contributed by atoms with Crippen LogP contribution in [0.5, 0.6) is 0 Å². The van der Waals surface area contributed by atoms with Gasteiger partial charge in [0.15, 0.2) is 11.6 Å². The Kier molecular flexibility index (Phi) is 3.66. The first-order chi connectivity index (χ1) is 13.2. The number of rotatable bonds is 3. The summed E-state index contributed by atoms with van der Waals surface area (Å²) in [6.07, 6.45) is 2.15. The maximum Gasteiger partial charge on any atom is 0.245 e. The molecule has 1 aliphatic rings. The van der Waals surface area contributed by atoms with Crippen molar-refractivity contribution in [1.82, 2.24) is 30.2 Å². The molecule has 1 saturated heterocycles. The van der Waals surface area contributed by atoms with Gasteiger partial charge in [0.2, 0.25) is 11.3 Å². The van der Waals surface area contributed by atoms with Gasteiger partial charge in [-0.05, 0) is 35.3 Å².